The second-order valence-electron chi connectivity index (χ2n) is 4.75. The van der Waals surface area contributed by atoms with Crippen LogP contribution in [0.2, 0.25) is 0 Å². The monoisotopic (exact) mass is 246 g/mol. The van der Waals surface area contributed by atoms with Crippen molar-refractivity contribution in [3.05, 3.63) is 0 Å². The number of sulfone groups is 1. The molecule has 0 bridgehead atoms. The zero-order valence-electron chi connectivity index (χ0n) is 9.48. The lowest BCUT2D eigenvalue weighted by molar-refractivity contribution is -0.137. The summed E-state index contributed by atoms with van der Waals surface area (Å²) in [6, 6.07) is 0.301. The summed E-state index contributed by atoms with van der Waals surface area (Å²) in [5, 5.41) is 3.06. The highest BCUT2D eigenvalue weighted by molar-refractivity contribution is 7.90. The minimum atomic E-state index is -2.98. The predicted octanol–water partition coefficient (Wildman–Crippen LogP) is -0.759. The fourth-order valence-corrected chi connectivity index (χ4v) is 2.35. The minimum absolute atomic E-state index is 0.0696. The van der Waals surface area contributed by atoms with Gasteiger partial charge in [-0.25, -0.2) is 8.42 Å². The van der Waals surface area contributed by atoms with E-state index in [4.69, 9.17) is 0 Å². The molecule has 1 aliphatic heterocycles. The van der Waals surface area contributed by atoms with Gasteiger partial charge in [0.15, 0.2) is 0 Å². The first-order chi connectivity index (χ1) is 7.47. The maximum absolute atomic E-state index is 12.0. The Hall–Kier alpha value is -0.620. The van der Waals surface area contributed by atoms with Gasteiger partial charge in [0, 0.05) is 31.9 Å². The van der Waals surface area contributed by atoms with E-state index in [0.29, 0.717) is 12.6 Å². The Morgan fingerprint density at radius 2 is 2.00 bits per heavy atom. The molecule has 1 N–H and O–H groups in total. The first-order valence-corrected chi connectivity index (χ1v) is 7.72. The van der Waals surface area contributed by atoms with Crippen molar-refractivity contribution in [1.29, 1.82) is 0 Å². The maximum atomic E-state index is 12.0. The van der Waals surface area contributed by atoms with Gasteiger partial charge in [-0.05, 0) is 12.8 Å². The van der Waals surface area contributed by atoms with E-state index < -0.39 is 9.84 Å². The molecule has 92 valence electrons. The number of carbonyl (C=O) groups is 1. The Balaban J connectivity index is 1.91. The second-order valence-corrected chi connectivity index (χ2v) is 7.01. The number of hydrogen-bond donors (Lipinski definition) is 1. The molecular formula is C10H18N2O3S. The van der Waals surface area contributed by atoms with E-state index in [-0.39, 0.29) is 17.6 Å². The van der Waals surface area contributed by atoms with Crippen LogP contribution in [0.4, 0.5) is 0 Å². The van der Waals surface area contributed by atoms with Crippen LogP contribution in [-0.2, 0) is 14.6 Å². The van der Waals surface area contributed by atoms with Gasteiger partial charge in [-0.3, -0.25) is 4.79 Å². The van der Waals surface area contributed by atoms with Gasteiger partial charge in [-0.15, -0.1) is 0 Å². The molecule has 0 atom stereocenters. The minimum Gasteiger partial charge on any atom is -0.338 e. The summed E-state index contributed by atoms with van der Waals surface area (Å²) in [5.41, 5.74) is 0. The van der Waals surface area contributed by atoms with Crippen LogP contribution >= 0.6 is 0 Å². The number of rotatable bonds is 5. The molecule has 5 nitrogen and oxygen atoms in total. The van der Waals surface area contributed by atoms with Gasteiger partial charge in [0.25, 0.3) is 0 Å². The molecule has 0 aromatic heterocycles. The second kappa shape index (κ2) is 4.33. The zero-order valence-corrected chi connectivity index (χ0v) is 10.3. The maximum Gasteiger partial charge on any atom is 0.228 e. The van der Waals surface area contributed by atoms with Crippen LogP contribution in [-0.4, -0.2) is 56.9 Å². The topological polar surface area (TPSA) is 66.5 Å². The number of hydrogen-bond acceptors (Lipinski definition) is 4. The number of nitrogens with one attached hydrogen (secondary N) is 1. The normalized spacial score (nSPS) is 21.6. The Kier molecular flexibility index (Phi) is 3.21. The van der Waals surface area contributed by atoms with Crippen LogP contribution in [0.5, 0.6) is 0 Å². The summed E-state index contributed by atoms with van der Waals surface area (Å²) in [6.07, 6.45) is 3.26. The van der Waals surface area contributed by atoms with Gasteiger partial charge in [-0.2, -0.15) is 0 Å². The predicted molar refractivity (Wildman–Crippen MR) is 60.8 cm³/mol. The van der Waals surface area contributed by atoms with E-state index in [1.807, 2.05) is 0 Å². The van der Waals surface area contributed by atoms with E-state index in [1.54, 1.807) is 4.90 Å². The molecule has 0 radical (unpaired) electrons. The first-order valence-electron chi connectivity index (χ1n) is 5.66. The van der Waals surface area contributed by atoms with Crippen molar-refractivity contribution in [2.24, 2.45) is 5.92 Å². The van der Waals surface area contributed by atoms with E-state index in [9.17, 15) is 13.2 Å². The lowest BCUT2D eigenvalue weighted by Crippen LogP contribution is -2.53. The number of nitrogens with zero attached hydrogens (tertiary/aromatic N) is 1. The molecule has 1 heterocycles. The average Bonchev–Trinajstić information content (AvgIpc) is 2.82. The third kappa shape index (κ3) is 2.95. The highest BCUT2D eigenvalue weighted by atomic mass is 32.2. The van der Waals surface area contributed by atoms with Crippen molar-refractivity contribution in [1.82, 2.24) is 10.2 Å². The fraction of sp³-hybridized carbons (Fsp3) is 0.900. The molecule has 1 saturated carbocycles. The van der Waals surface area contributed by atoms with Crippen molar-refractivity contribution in [2.75, 3.05) is 31.6 Å². The summed E-state index contributed by atoms with van der Waals surface area (Å²) in [6.45, 7) is 1.83. The van der Waals surface area contributed by atoms with E-state index in [1.165, 1.54) is 6.26 Å². The first kappa shape index (κ1) is 11.9. The summed E-state index contributed by atoms with van der Waals surface area (Å²) in [4.78, 5) is 13.8. The van der Waals surface area contributed by atoms with Crippen LogP contribution in [0.25, 0.3) is 0 Å². The molecule has 1 saturated heterocycles. The zero-order chi connectivity index (χ0) is 11.8. The Labute approximate surface area is 96.1 Å². The molecule has 2 fully saturated rings. The van der Waals surface area contributed by atoms with Crippen LogP contribution in [0.15, 0.2) is 0 Å². The Bertz CT molecular complexity index is 372. The van der Waals surface area contributed by atoms with E-state index in [0.717, 1.165) is 25.9 Å². The SMILES string of the molecule is CS(=O)(=O)CCN(C(=O)C1CNC1)C1CC1. The molecule has 6 heteroatoms. The standard InChI is InChI=1S/C10H18N2O3S/c1-16(14,15)5-4-12(9-2-3-9)10(13)8-6-11-7-8/h8-9,11H,2-7H2,1H3. The van der Waals surface area contributed by atoms with Gasteiger partial charge >= 0.3 is 0 Å². The smallest absolute Gasteiger partial charge is 0.228 e. The molecule has 0 aromatic carbocycles. The van der Waals surface area contributed by atoms with Crippen LogP contribution in [0.1, 0.15) is 12.8 Å². The van der Waals surface area contributed by atoms with Gasteiger partial charge < -0.3 is 10.2 Å². The molecular weight excluding hydrogens is 228 g/mol. The van der Waals surface area contributed by atoms with E-state index in [2.05, 4.69) is 5.32 Å². The molecule has 1 aliphatic carbocycles. The van der Waals surface area contributed by atoms with Crippen LogP contribution in [0, 0.1) is 5.92 Å². The molecule has 0 aromatic rings. The van der Waals surface area contributed by atoms with Crippen molar-refractivity contribution in [3.63, 3.8) is 0 Å². The van der Waals surface area contributed by atoms with Crippen LogP contribution < -0.4 is 5.32 Å². The Morgan fingerprint density at radius 3 is 2.38 bits per heavy atom. The largest absolute Gasteiger partial charge is 0.338 e. The number of amides is 1. The number of carbonyl (C=O) groups excluding carboxylic acids is 1. The van der Waals surface area contributed by atoms with E-state index >= 15 is 0 Å². The molecule has 0 unspecified atom stereocenters. The van der Waals surface area contributed by atoms with Crippen molar-refractivity contribution >= 4 is 15.7 Å². The van der Waals surface area contributed by atoms with Gasteiger partial charge in [0.2, 0.25) is 5.91 Å². The molecule has 1 amide bonds. The average molecular weight is 246 g/mol. The molecule has 2 aliphatic rings. The third-order valence-electron chi connectivity index (χ3n) is 3.10. The quantitative estimate of drug-likeness (QED) is 0.692. The lowest BCUT2D eigenvalue weighted by Gasteiger charge is -2.32. The Morgan fingerprint density at radius 1 is 1.38 bits per heavy atom. The molecule has 16 heavy (non-hydrogen) atoms. The van der Waals surface area contributed by atoms with Crippen molar-refractivity contribution in [3.8, 4) is 0 Å². The van der Waals surface area contributed by atoms with Gasteiger partial charge in [0.05, 0.1) is 11.7 Å². The summed E-state index contributed by atoms with van der Waals surface area (Å²) < 4.78 is 22.2. The molecule has 0 spiro atoms. The van der Waals surface area contributed by atoms with Gasteiger partial charge in [-0.1, -0.05) is 0 Å². The highest BCUT2D eigenvalue weighted by Crippen LogP contribution is 2.28. The van der Waals surface area contributed by atoms with Gasteiger partial charge in [0.1, 0.15) is 9.84 Å². The molecule has 2 rings (SSSR count). The van der Waals surface area contributed by atoms with Crippen molar-refractivity contribution in [2.45, 2.75) is 18.9 Å². The lowest BCUT2D eigenvalue weighted by atomic mass is 10.0. The highest BCUT2D eigenvalue weighted by Gasteiger charge is 2.37. The van der Waals surface area contributed by atoms with Crippen LogP contribution in [0.3, 0.4) is 0 Å². The van der Waals surface area contributed by atoms with Crippen molar-refractivity contribution < 1.29 is 13.2 Å². The fourth-order valence-electron chi connectivity index (χ4n) is 1.82. The summed E-state index contributed by atoms with van der Waals surface area (Å²) in [7, 11) is -2.98. The summed E-state index contributed by atoms with van der Waals surface area (Å²) in [5.74, 6) is 0.278. The summed E-state index contributed by atoms with van der Waals surface area (Å²) >= 11 is 0. The third-order valence-corrected chi connectivity index (χ3v) is 4.03.